The van der Waals surface area contributed by atoms with Gasteiger partial charge in [-0.1, -0.05) is 6.07 Å². The van der Waals surface area contributed by atoms with Crippen molar-refractivity contribution in [3.63, 3.8) is 0 Å². The smallest absolute Gasteiger partial charge is 0.319 e. The lowest BCUT2D eigenvalue weighted by atomic mass is 10.2. The second-order valence-corrected chi connectivity index (χ2v) is 5.91. The van der Waals surface area contributed by atoms with Crippen LogP contribution in [0.1, 0.15) is 6.92 Å². The summed E-state index contributed by atoms with van der Waals surface area (Å²) >= 11 is 0. The third-order valence-electron chi connectivity index (χ3n) is 3.82. The largest absolute Gasteiger partial charge is 0.334 e. The average molecular weight is 321 g/mol. The molecule has 8 nitrogen and oxygen atoms in total. The molecule has 1 aliphatic heterocycles. The molecular formula is C15H23N5O3. The van der Waals surface area contributed by atoms with Crippen LogP contribution in [0.15, 0.2) is 24.3 Å². The molecule has 0 aromatic heterocycles. The van der Waals surface area contributed by atoms with Crippen molar-refractivity contribution >= 4 is 17.4 Å². The molecule has 23 heavy (non-hydrogen) atoms. The van der Waals surface area contributed by atoms with E-state index in [9.17, 15) is 14.9 Å². The predicted molar refractivity (Wildman–Crippen MR) is 88.6 cm³/mol. The summed E-state index contributed by atoms with van der Waals surface area (Å²) in [5.41, 5.74) is 0.358. The summed E-state index contributed by atoms with van der Waals surface area (Å²) in [6, 6.07) is 5.53. The number of hydrogen-bond donors (Lipinski definition) is 2. The molecule has 8 heteroatoms. The van der Waals surface area contributed by atoms with Gasteiger partial charge in [-0.25, -0.2) is 4.79 Å². The van der Waals surface area contributed by atoms with E-state index >= 15 is 0 Å². The molecule has 1 fully saturated rings. The molecule has 1 atom stereocenters. The Morgan fingerprint density at radius 3 is 2.70 bits per heavy atom. The maximum absolute atomic E-state index is 12.0. The van der Waals surface area contributed by atoms with E-state index in [4.69, 9.17) is 0 Å². The van der Waals surface area contributed by atoms with E-state index in [1.807, 2.05) is 6.92 Å². The molecule has 1 aromatic rings. The number of nitro groups is 1. The number of piperazine rings is 1. The Hall–Kier alpha value is -2.19. The van der Waals surface area contributed by atoms with Crippen molar-refractivity contribution in [1.82, 2.24) is 15.1 Å². The van der Waals surface area contributed by atoms with Crippen molar-refractivity contribution in [1.29, 1.82) is 0 Å². The quantitative estimate of drug-likeness (QED) is 0.631. The van der Waals surface area contributed by atoms with E-state index in [-0.39, 0.29) is 17.8 Å². The van der Waals surface area contributed by atoms with Crippen LogP contribution in [0.5, 0.6) is 0 Å². The Kier molecular flexibility index (Phi) is 5.89. The van der Waals surface area contributed by atoms with Gasteiger partial charge in [-0.15, -0.1) is 0 Å². The van der Waals surface area contributed by atoms with Crippen LogP contribution in [0.4, 0.5) is 16.2 Å². The standard InChI is InChI=1S/C15H23N5O3/c1-12(11-19-8-6-18(2)7-9-19)16-15(21)17-13-4-3-5-14(10-13)20(22)23/h3-5,10,12H,6-9,11H2,1-2H3,(H2,16,17,21). The normalized spacial score (nSPS) is 17.5. The van der Waals surface area contributed by atoms with Crippen LogP contribution < -0.4 is 10.6 Å². The van der Waals surface area contributed by atoms with E-state index < -0.39 is 4.92 Å². The van der Waals surface area contributed by atoms with E-state index in [0.29, 0.717) is 5.69 Å². The third-order valence-corrected chi connectivity index (χ3v) is 3.82. The Morgan fingerprint density at radius 2 is 2.04 bits per heavy atom. The van der Waals surface area contributed by atoms with Gasteiger partial charge in [0.15, 0.2) is 0 Å². The molecule has 0 aliphatic carbocycles. The van der Waals surface area contributed by atoms with Crippen molar-refractivity contribution in [3.05, 3.63) is 34.4 Å². The summed E-state index contributed by atoms with van der Waals surface area (Å²) in [6.07, 6.45) is 0. The Labute approximate surface area is 135 Å². The number of benzene rings is 1. The molecule has 0 radical (unpaired) electrons. The zero-order valence-electron chi connectivity index (χ0n) is 13.5. The molecule has 1 saturated heterocycles. The number of anilines is 1. The lowest BCUT2D eigenvalue weighted by molar-refractivity contribution is -0.384. The van der Waals surface area contributed by atoms with Gasteiger partial charge in [0.05, 0.1) is 4.92 Å². The molecule has 2 amide bonds. The predicted octanol–water partition coefficient (Wildman–Crippen LogP) is 1.35. The minimum Gasteiger partial charge on any atom is -0.334 e. The van der Waals surface area contributed by atoms with Gasteiger partial charge in [0.25, 0.3) is 5.69 Å². The molecule has 2 N–H and O–H groups in total. The summed E-state index contributed by atoms with van der Waals surface area (Å²) in [4.78, 5) is 26.8. The summed E-state index contributed by atoms with van der Waals surface area (Å²) in [5.74, 6) is 0. The topological polar surface area (TPSA) is 90.8 Å². The lowest BCUT2D eigenvalue weighted by Crippen LogP contribution is -2.50. The Balaban J connectivity index is 1.79. The molecule has 0 saturated carbocycles. The Morgan fingerprint density at radius 1 is 1.35 bits per heavy atom. The van der Waals surface area contributed by atoms with Crippen LogP contribution in [0.2, 0.25) is 0 Å². The second-order valence-electron chi connectivity index (χ2n) is 5.91. The number of nitro benzene ring substituents is 1. The number of urea groups is 1. The molecule has 126 valence electrons. The highest BCUT2D eigenvalue weighted by atomic mass is 16.6. The van der Waals surface area contributed by atoms with Gasteiger partial charge in [-0.05, 0) is 20.0 Å². The fraction of sp³-hybridized carbons (Fsp3) is 0.533. The van der Waals surface area contributed by atoms with Crippen LogP contribution in [0.25, 0.3) is 0 Å². The van der Waals surface area contributed by atoms with Crippen LogP contribution in [-0.4, -0.2) is 66.6 Å². The molecule has 1 aliphatic rings. The monoisotopic (exact) mass is 321 g/mol. The summed E-state index contributed by atoms with van der Waals surface area (Å²) in [7, 11) is 2.10. The lowest BCUT2D eigenvalue weighted by Gasteiger charge is -2.34. The van der Waals surface area contributed by atoms with E-state index in [2.05, 4.69) is 27.5 Å². The number of rotatable bonds is 5. The van der Waals surface area contributed by atoms with Crippen LogP contribution >= 0.6 is 0 Å². The molecular weight excluding hydrogens is 298 g/mol. The number of amides is 2. The summed E-state index contributed by atoms with van der Waals surface area (Å²) in [5, 5.41) is 16.2. The second kappa shape index (κ2) is 7.89. The van der Waals surface area contributed by atoms with Gasteiger partial charge in [-0.3, -0.25) is 15.0 Å². The van der Waals surface area contributed by atoms with Crippen molar-refractivity contribution in [2.75, 3.05) is 45.1 Å². The first-order valence-electron chi connectivity index (χ1n) is 7.67. The average Bonchev–Trinajstić information content (AvgIpc) is 2.49. The van der Waals surface area contributed by atoms with Gasteiger partial charge in [0.2, 0.25) is 0 Å². The molecule has 1 heterocycles. The molecule has 0 bridgehead atoms. The SMILES string of the molecule is CC(CN1CCN(C)CC1)NC(=O)Nc1cccc([N+](=O)[O-])c1. The molecule has 2 rings (SSSR count). The van der Waals surface area contributed by atoms with Gasteiger partial charge in [-0.2, -0.15) is 0 Å². The number of likely N-dealkylation sites (N-methyl/N-ethyl adjacent to an activating group) is 1. The number of non-ortho nitro benzene ring substituents is 1. The van der Waals surface area contributed by atoms with Crippen molar-refractivity contribution in [3.8, 4) is 0 Å². The first-order valence-corrected chi connectivity index (χ1v) is 7.67. The zero-order chi connectivity index (χ0) is 16.8. The van der Waals surface area contributed by atoms with Crippen LogP contribution in [0, 0.1) is 10.1 Å². The van der Waals surface area contributed by atoms with E-state index in [1.54, 1.807) is 12.1 Å². The van der Waals surface area contributed by atoms with Crippen LogP contribution in [0.3, 0.4) is 0 Å². The first kappa shape index (κ1) is 17.2. The van der Waals surface area contributed by atoms with Crippen molar-refractivity contribution in [2.45, 2.75) is 13.0 Å². The number of nitrogens with zero attached hydrogens (tertiary/aromatic N) is 3. The highest BCUT2D eigenvalue weighted by molar-refractivity contribution is 5.89. The number of nitrogens with one attached hydrogen (secondary N) is 2. The highest BCUT2D eigenvalue weighted by Crippen LogP contribution is 2.16. The third kappa shape index (κ3) is 5.50. The van der Waals surface area contributed by atoms with E-state index in [0.717, 1.165) is 32.7 Å². The fourth-order valence-corrected chi connectivity index (χ4v) is 2.55. The van der Waals surface area contributed by atoms with Gasteiger partial charge < -0.3 is 15.5 Å². The maximum atomic E-state index is 12.0. The number of carbonyl (C=O) groups excluding carboxylic acids is 1. The van der Waals surface area contributed by atoms with Crippen molar-refractivity contribution < 1.29 is 9.72 Å². The van der Waals surface area contributed by atoms with E-state index in [1.165, 1.54) is 12.1 Å². The van der Waals surface area contributed by atoms with Gasteiger partial charge in [0.1, 0.15) is 0 Å². The zero-order valence-corrected chi connectivity index (χ0v) is 13.5. The number of hydrogen-bond acceptors (Lipinski definition) is 5. The van der Waals surface area contributed by atoms with Gasteiger partial charge in [0, 0.05) is 56.6 Å². The number of carbonyl (C=O) groups is 1. The summed E-state index contributed by atoms with van der Waals surface area (Å²) < 4.78 is 0. The maximum Gasteiger partial charge on any atom is 0.319 e. The minimum atomic E-state index is -0.487. The van der Waals surface area contributed by atoms with Crippen LogP contribution in [-0.2, 0) is 0 Å². The molecule has 1 unspecified atom stereocenters. The van der Waals surface area contributed by atoms with Crippen molar-refractivity contribution in [2.24, 2.45) is 0 Å². The fourth-order valence-electron chi connectivity index (χ4n) is 2.55. The molecule has 1 aromatic carbocycles. The highest BCUT2D eigenvalue weighted by Gasteiger charge is 2.17. The minimum absolute atomic E-state index is 0.00268. The Bertz CT molecular complexity index is 558. The van der Waals surface area contributed by atoms with Gasteiger partial charge >= 0.3 is 6.03 Å². The molecule has 0 spiro atoms. The first-order chi connectivity index (χ1) is 10.9. The summed E-state index contributed by atoms with van der Waals surface area (Å²) in [6.45, 7) is 6.80.